The SMILES string of the molecule is [O-][Br+2]([O-])[O-].[Pr+]. The standard InChI is InChI=1S/BrO3.Pr/c2-1(3)4;/q-1;+1. The van der Waals surface area contributed by atoms with Gasteiger partial charge in [-0.15, -0.1) is 0 Å². The van der Waals surface area contributed by atoms with Crippen molar-refractivity contribution >= 4 is 0 Å². The van der Waals surface area contributed by atoms with Crippen molar-refractivity contribution in [2.75, 3.05) is 0 Å². The van der Waals surface area contributed by atoms with Gasteiger partial charge in [0, 0.05) is 0 Å². The molecule has 28 valence electrons. The molecule has 0 rings (SSSR count). The first-order chi connectivity index (χ1) is 1.73. The summed E-state index contributed by atoms with van der Waals surface area (Å²) in [4.78, 5) is 0. The first-order valence-corrected chi connectivity index (χ1v) is 2.41. The van der Waals surface area contributed by atoms with Crippen LogP contribution in [-0.4, -0.2) is 0 Å². The molecule has 0 unspecified atom stereocenters. The van der Waals surface area contributed by atoms with E-state index in [1.165, 1.54) is 0 Å². The van der Waals surface area contributed by atoms with Crippen molar-refractivity contribution in [2.24, 2.45) is 0 Å². The van der Waals surface area contributed by atoms with Crippen molar-refractivity contribution < 1.29 is 68.7 Å². The monoisotopic (exact) mass is 268 g/mol. The fourth-order valence-electron chi connectivity index (χ4n) is 0. The molecule has 0 aromatic heterocycles. The van der Waals surface area contributed by atoms with Gasteiger partial charge in [0.05, 0.1) is 0 Å². The Hall–Kier alpha value is 1.72. The van der Waals surface area contributed by atoms with Crippen LogP contribution in [0, 0.1) is 56.1 Å². The molecule has 5 heavy (non-hydrogen) atoms. The van der Waals surface area contributed by atoms with E-state index < -0.39 is 14.8 Å². The Balaban J connectivity index is 0. The summed E-state index contributed by atoms with van der Waals surface area (Å²) in [6.45, 7) is 0. The second-order valence-electron chi connectivity index (χ2n) is 0.189. The fourth-order valence-corrected chi connectivity index (χ4v) is 0. The normalized spacial score (nSPS) is 7.20. The Morgan fingerprint density at radius 3 is 1.00 bits per heavy atom. The van der Waals surface area contributed by atoms with Gasteiger partial charge < -0.3 is 12.6 Å². The first kappa shape index (κ1) is 9.87. The third kappa shape index (κ3) is 26.7. The van der Waals surface area contributed by atoms with Crippen molar-refractivity contribution in [3.8, 4) is 0 Å². The van der Waals surface area contributed by atoms with E-state index in [9.17, 15) is 0 Å². The molecule has 0 aromatic carbocycles. The molecule has 0 heterocycles. The third-order valence-corrected chi connectivity index (χ3v) is 0. The Bertz CT molecular complexity index is 11.6. The van der Waals surface area contributed by atoms with Crippen LogP contribution in [0.3, 0.4) is 0 Å². The van der Waals surface area contributed by atoms with Crippen molar-refractivity contribution in [3.05, 3.63) is 0 Å². The summed E-state index contributed by atoms with van der Waals surface area (Å²) in [6.07, 6.45) is 0. The van der Waals surface area contributed by atoms with E-state index in [-0.39, 0.29) is 41.3 Å². The van der Waals surface area contributed by atoms with Gasteiger partial charge in [0.2, 0.25) is 14.8 Å². The number of hydrogen-bond acceptors (Lipinski definition) is 3. The fraction of sp³-hybridized carbons (Fsp3) is 0. The maximum Gasteiger partial charge on any atom is 1.00 e. The Morgan fingerprint density at radius 1 is 1.00 bits per heavy atom. The van der Waals surface area contributed by atoms with Crippen molar-refractivity contribution in [3.63, 3.8) is 0 Å². The van der Waals surface area contributed by atoms with Gasteiger partial charge in [-0.3, -0.25) is 0 Å². The molecular formula is BrO3Pr. The van der Waals surface area contributed by atoms with Gasteiger partial charge in [-0.2, -0.15) is 0 Å². The van der Waals surface area contributed by atoms with Crippen LogP contribution in [0.1, 0.15) is 0 Å². The maximum absolute atomic E-state index is 8.52. The zero-order chi connectivity index (χ0) is 3.58. The minimum atomic E-state index is -3.65. The van der Waals surface area contributed by atoms with E-state index in [0.29, 0.717) is 0 Å². The summed E-state index contributed by atoms with van der Waals surface area (Å²) in [5, 5.41) is 0. The van der Waals surface area contributed by atoms with Gasteiger partial charge in [-0.05, 0) is 0 Å². The van der Waals surface area contributed by atoms with E-state index in [1.54, 1.807) is 0 Å². The number of rotatable bonds is 0. The molecule has 0 aliphatic heterocycles. The molecule has 0 atom stereocenters. The molecule has 0 aromatic rings. The van der Waals surface area contributed by atoms with Gasteiger partial charge in [0.15, 0.2) is 0 Å². The van der Waals surface area contributed by atoms with Crippen LogP contribution in [0.4, 0.5) is 0 Å². The second kappa shape index (κ2) is 5.72. The van der Waals surface area contributed by atoms with Gasteiger partial charge in [0.1, 0.15) is 0 Å². The first-order valence-electron chi connectivity index (χ1n) is 0.463. The van der Waals surface area contributed by atoms with Crippen LogP contribution in [0.15, 0.2) is 0 Å². The smallest absolute Gasteiger partial charge is 0.405 e. The quantitative estimate of drug-likeness (QED) is 0.457. The zero-order valence-electron chi connectivity index (χ0n) is 2.18. The average Bonchev–Trinajstić information content (AvgIpc) is 0.811. The molecule has 0 aliphatic rings. The van der Waals surface area contributed by atoms with Crippen LogP contribution in [0.2, 0.25) is 0 Å². The molecular weight excluding hydrogens is 269 g/mol. The Kier molecular flexibility index (Phi) is 11.3. The molecule has 3 nitrogen and oxygen atoms in total. The molecule has 5 heteroatoms. The second-order valence-corrected chi connectivity index (χ2v) is 0.982. The molecule has 0 radical (unpaired) electrons. The van der Waals surface area contributed by atoms with Crippen molar-refractivity contribution in [1.82, 2.24) is 0 Å². The Labute approximate surface area is 67.8 Å². The molecule has 0 saturated heterocycles. The summed E-state index contributed by atoms with van der Waals surface area (Å²) in [7, 11) is 0. The van der Waals surface area contributed by atoms with Crippen LogP contribution in [0.25, 0.3) is 0 Å². The predicted molar refractivity (Wildman–Crippen MR) is 0 cm³/mol. The molecule has 0 spiro atoms. The topological polar surface area (TPSA) is 69.2 Å². The number of halogens is 1. The van der Waals surface area contributed by atoms with Crippen LogP contribution < -0.4 is 12.6 Å². The van der Waals surface area contributed by atoms with E-state index in [2.05, 4.69) is 0 Å². The van der Waals surface area contributed by atoms with Crippen molar-refractivity contribution in [1.29, 1.82) is 0 Å². The van der Waals surface area contributed by atoms with E-state index >= 15 is 0 Å². The zero-order valence-corrected chi connectivity index (χ0v) is 7.47. The summed E-state index contributed by atoms with van der Waals surface area (Å²) in [6, 6.07) is 0. The van der Waals surface area contributed by atoms with Crippen LogP contribution in [-0.2, 0) is 0 Å². The summed E-state index contributed by atoms with van der Waals surface area (Å²) < 4.78 is 25.6. The molecule has 0 fully saturated rings. The van der Waals surface area contributed by atoms with Crippen molar-refractivity contribution in [2.45, 2.75) is 0 Å². The van der Waals surface area contributed by atoms with Crippen LogP contribution >= 0.6 is 0 Å². The van der Waals surface area contributed by atoms with E-state index in [0.717, 1.165) is 0 Å². The number of hydrogen-bond donors (Lipinski definition) is 0. The van der Waals surface area contributed by atoms with E-state index in [1.807, 2.05) is 0 Å². The van der Waals surface area contributed by atoms with E-state index in [4.69, 9.17) is 12.6 Å². The molecule has 0 aliphatic carbocycles. The molecule has 0 bridgehead atoms. The van der Waals surface area contributed by atoms with Gasteiger partial charge >= 0.3 is 41.3 Å². The van der Waals surface area contributed by atoms with Gasteiger partial charge in [0.25, 0.3) is 0 Å². The average molecular weight is 269 g/mol. The minimum absolute atomic E-state index is 0. The predicted octanol–water partition coefficient (Wildman–Crippen LogP) is -3.57. The minimum Gasteiger partial charge on any atom is -0.405 e. The summed E-state index contributed by atoms with van der Waals surface area (Å²) in [5.74, 6) is 0. The maximum atomic E-state index is 8.52. The molecule has 0 saturated carbocycles. The van der Waals surface area contributed by atoms with Gasteiger partial charge in [-0.1, -0.05) is 0 Å². The Morgan fingerprint density at radius 2 is 1.00 bits per heavy atom. The largest absolute Gasteiger partial charge is 1.00 e. The third-order valence-electron chi connectivity index (χ3n) is 0. The van der Waals surface area contributed by atoms with Gasteiger partial charge in [-0.25, -0.2) is 0 Å². The molecule has 0 N–H and O–H groups in total. The van der Waals surface area contributed by atoms with Crippen LogP contribution in [0.5, 0.6) is 0 Å². The molecule has 0 amide bonds. The summed E-state index contributed by atoms with van der Waals surface area (Å²) >= 11 is -3.65. The summed E-state index contributed by atoms with van der Waals surface area (Å²) in [5.41, 5.74) is 0.